The van der Waals surface area contributed by atoms with E-state index in [-0.39, 0.29) is 11.9 Å². The van der Waals surface area contributed by atoms with Gasteiger partial charge in [0, 0.05) is 38.0 Å². The van der Waals surface area contributed by atoms with Crippen molar-refractivity contribution in [3.63, 3.8) is 0 Å². The zero-order valence-electron chi connectivity index (χ0n) is 10.6. The third-order valence-electron chi connectivity index (χ3n) is 3.01. The Hall–Kier alpha value is -1.16. The van der Waals surface area contributed by atoms with Gasteiger partial charge >= 0.3 is 5.97 Å². The highest BCUT2D eigenvalue weighted by molar-refractivity contribution is 5.82. The molecule has 0 N–H and O–H groups in total. The molecule has 0 bridgehead atoms. The van der Waals surface area contributed by atoms with Crippen LogP contribution in [0.3, 0.4) is 0 Å². The Balaban J connectivity index is 2.33. The number of carbonyl (C=O) groups excluding carboxylic acids is 2. The molecule has 0 aliphatic carbocycles. The highest BCUT2D eigenvalue weighted by Gasteiger charge is 2.24. The Morgan fingerprint density at radius 2 is 2.29 bits per heavy atom. The first-order chi connectivity index (χ1) is 8.17. The van der Waals surface area contributed by atoms with Crippen LogP contribution in [0.25, 0.3) is 0 Å². The van der Waals surface area contributed by atoms with Crippen LogP contribution in [0.2, 0.25) is 0 Å². The number of ether oxygens (including phenoxy) is 1. The molecule has 1 saturated heterocycles. The van der Waals surface area contributed by atoms with Crippen LogP contribution in [-0.2, 0) is 14.3 Å². The molecular formula is C13H21NO3. The van der Waals surface area contributed by atoms with Crippen molar-refractivity contribution in [2.45, 2.75) is 26.7 Å². The second-order valence-corrected chi connectivity index (χ2v) is 4.24. The van der Waals surface area contributed by atoms with E-state index < -0.39 is 0 Å². The Morgan fingerprint density at radius 1 is 1.53 bits per heavy atom. The molecule has 0 aromatic carbocycles. The number of esters is 1. The number of rotatable bonds is 5. The summed E-state index contributed by atoms with van der Waals surface area (Å²) in [5.74, 6) is 0.241. The van der Waals surface area contributed by atoms with Crippen LogP contribution in [-0.4, -0.2) is 42.9 Å². The van der Waals surface area contributed by atoms with E-state index in [0.29, 0.717) is 25.4 Å². The molecule has 4 nitrogen and oxygen atoms in total. The molecule has 96 valence electrons. The maximum Gasteiger partial charge on any atom is 0.330 e. The van der Waals surface area contributed by atoms with E-state index in [2.05, 4.69) is 4.90 Å². The van der Waals surface area contributed by atoms with Crippen molar-refractivity contribution in [2.75, 3.05) is 26.2 Å². The molecule has 0 amide bonds. The average Bonchev–Trinajstić information content (AvgIpc) is 2.31. The van der Waals surface area contributed by atoms with Gasteiger partial charge in [-0.15, -0.1) is 0 Å². The van der Waals surface area contributed by atoms with Crippen molar-refractivity contribution < 1.29 is 14.3 Å². The SMILES string of the molecule is CCOC(=O)/C=C/CN1CCC(=O)C(CC)C1. The first kappa shape index (κ1) is 13.9. The molecule has 4 heteroatoms. The molecule has 17 heavy (non-hydrogen) atoms. The van der Waals surface area contributed by atoms with Crippen molar-refractivity contribution in [2.24, 2.45) is 5.92 Å². The van der Waals surface area contributed by atoms with E-state index in [9.17, 15) is 9.59 Å². The zero-order valence-corrected chi connectivity index (χ0v) is 10.6. The molecular weight excluding hydrogens is 218 g/mol. The summed E-state index contributed by atoms with van der Waals surface area (Å²) in [5, 5.41) is 0. The minimum atomic E-state index is -0.298. The van der Waals surface area contributed by atoms with E-state index in [1.165, 1.54) is 6.08 Å². The lowest BCUT2D eigenvalue weighted by Crippen LogP contribution is -2.40. The fourth-order valence-corrected chi connectivity index (χ4v) is 1.99. The van der Waals surface area contributed by atoms with E-state index >= 15 is 0 Å². The Kier molecular flexibility index (Phi) is 5.91. The van der Waals surface area contributed by atoms with Crippen LogP contribution in [0.5, 0.6) is 0 Å². The van der Waals surface area contributed by atoms with Crippen LogP contribution < -0.4 is 0 Å². The lowest BCUT2D eigenvalue weighted by molar-refractivity contribution is -0.137. The van der Waals surface area contributed by atoms with Crippen molar-refractivity contribution in [1.29, 1.82) is 0 Å². The predicted octanol–water partition coefficient (Wildman–Crippen LogP) is 1.41. The van der Waals surface area contributed by atoms with Crippen LogP contribution in [0.15, 0.2) is 12.2 Å². The predicted molar refractivity (Wildman–Crippen MR) is 65.6 cm³/mol. The molecule has 1 rings (SSSR count). The number of carbonyl (C=O) groups is 2. The number of hydrogen-bond donors (Lipinski definition) is 0. The Labute approximate surface area is 103 Å². The van der Waals surface area contributed by atoms with Crippen LogP contribution in [0, 0.1) is 5.92 Å². The highest BCUT2D eigenvalue weighted by atomic mass is 16.5. The quantitative estimate of drug-likeness (QED) is 0.537. The minimum Gasteiger partial charge on any atom is -0.463 e. The minimum absolute atomic E-state index is 0.166. The van der Waals surface area contributed by atoms with E-state index in [0.717, 1.165) is 19.5 Å². The first-order valence-corrected chi connectivity index (χ1v) is 6.25. The second kappa shape index (κ2) is 7.22. The third-order valence-corrected chi connectivity index (χ3v) is 3.01. The number of likely N-dealkylation sites (tertiary alicyclic amines) is 1. The molecule has 0 aromatic rings. The summed E-state index contributed by atoms with van der Waals surface area (Å²) in [5.41, 5.74) is 0. The second-order valence-electron chi connectivity index (χ2n) is 4.24. The van der Waals surface area contributed by atoms with Gasteiger partial charge in [0.2, 0.25) is 0 Å². The average molecular weight is 239 g/mol. The van der Waals surface area contributed by atoms with Gasteiger partial charge in [-0.1, -0.05) is 13.0 Å². The Morgan fingerprint density at radius 3 is 2.94 bits per heavy atom. The van der Waals surface area contributed by atoms with E-state index in [1.54, 1.807) is 13.0 Å². The molecule has 0 aromatic heterocycles. The summed E-state index contributed by atoms with van der Waals surface area (Å²) in [4.78, 5) is 24.8. The van der Waals surface area contributed by atoms with Gasteiger partial charge in [0.1, 0.15) is 5.78 Å². The van der Waals surface area contributed by atoms with Crippen molar-refractivity contribution in [3.05, 3.63) is 12.2 Å². The number of Topliss-reactive ketones (excluding diaryl/α,β-unsaturated/α-hetero) is 1. The van der Waals surface area contributed by atoms with Gasteiger partial charge in [0.05, 0.1) is 6.61 Å². The maximum absolute atomic E-state index is 11.5. The summed E-state index contributed by atoms with van der Waals surface area (Å²) in [6, 6.07) is 0. The molecule has 1 aliphatic heterocycles. The first-order valence-electron chi connectivity index (χ1n) is 6.25. The maximum atomic E-state index is 11.5. The van der Waals surface area contributed by atoms with Gasteiger partial charge in [0.15, 0.2) is 0 Å². The highest BCUT2D eigenvalue weighted by Crippen LogP contribution is 2.15. The van der Waals surface area contributed by atoms with Gasteiger partial charge < -0.3 is 4.74 Å². The number of hydrogen-bond acceptors (Lipinski definition) is 4. The Bertz CT molecular complexity index is 299. The van der Waals surface area contributed by atoms with E-state index in [4.69, 9.17) is 4.74 Å². The molecule has 1 aliphatic rings. The lowest BCUT2D eigenvalue weighted by atomic mass is 9.94. The molecule has 1 fully saturated rings. The van der Waals surface area contributed by atoms with Crippen LogP contribution in [0.4, 0.5) is 0 Å². The lowest BCUT2D eigenvalue weighted by Gasteiger charge is -2.30. The number of nitrogens with zero attached hydrogens (tertiary/aromatic N) is 1. The molecule has 1 heterocycles. The third kappa shape index (κ3) is 4.69. The standard InChI is InChI=1S/C13H21NO3/c1-3-11-10-14(9-7-12(11)15)8-5-6-13(16)17-4-2/h5-6,11H,3-4,7-10H2,1-2H3/b6-5+. The molecule has 0 radical (unpaired) electrons. The summed E-state index contributed by atoms with van der Waals surface area (Å²) in [6.45, 7) is 6.54. The molecule has 0 spiro atoms. The molecule has 0 saturated carbocycles. The number of ketones is 1. The van der Waals surface area contributed by atoms with Crippen LogP contribution >= 0.6 is 0 Å². The van der Waals surface area contributed by atoms with Crippen molar-refractivity contribution >= 4 is 11.8 Å². The van der Waals surface area contributed by atoms with Gasteiger partial charge in [-0.25, -0.2) is 4.79 Å². The van der Waals surface area contributed by atoms with Crippen LogP contribution in [0.1, 0.15) is 26.7 Å². The fraction of sp³-hybridized carbons (Fsp3) is 0.692. The number of piperidine rings is 1. The fourth-order valence-electron chi connectivity index (χ4n) is 1.99. The smallest absolute Gasteiger partial charge is 0.330 e. The van der Waals surface area contributed by atoms with Crippen molar-refractivity contribution in [3.8, 4) is 0 Å². The normalized spacial score (nSPS) is 22.0. The topological polar surface area (TPSA) is 46.6 Å². The molecule has 1 atom stereocenters. The summed E-state index contributed by atoms with van der Waals surface area (Å²) >= 11 is 0. The van der Waals surface area contributed by atoms with E-state index in [1.807, 2.05) is 6.92 Å². The molecule has 1 unspecified atom stereocenters. The van der Waals surface area contributed by atoms with Crippen molar-refractivity contribution in [1.82, 2.24) is 4.90 Å². The van der Waals surface area contributed by atoms with Gasteiger partial charge in [0.25, 0.3) is 0 Å². The zero-order chi connectivity index (χ0) is 12.7. The summed E-state index contributed by atoms with van der Waals surface area (Å²) in [7, 11) is 0. The summed E-state index contributed by atoms with van der Waals surface area (Å²) < 4.78 is 4.79. The van der Waals surface area contributed by atoms with Gasteiger partial charge in [-0.05, 0) is 13.3 Å². The van der Waals surface area contributed by atoms with Gasteiger partial charge in [-0.3, -0.25) is 9.69 Å². The van der Waals surface area contributed by atoms with Gasteiger partial charge in [-0.2, -0.15) is 0 Å². The monoisotopic (exact) mass is 239 g/mol. The largest absolute Gasteiger partial charge is 0.463 e. The summed E-state index contributed by atoms with van der Waals surface area (Å²) in [6.07, 6.45) is 4.80.